The van der Waals surface area contributed by atoms with E-state index in [4.69, 9.17) is 23.2 Å². The molecule has 1 aromatic carbocycles. The van der Waals surface area contributed by atoms with Crippen LogP contribution < -0.4 is 10.0 Å². The number of halogens is 2. The van der Waals surface area contributed by atoms with Gasteiger partial charge in [0.05, 0.1) is 15.6 Å². The van der Waals surface area contributed by atoms with E-state index in [0.717, 1.165) is 5.56 Å². The number of amides is 1. The summed E-state index contributed by atoms with van der Waals surface area (Å²) in [6.07, 6.45) is 1.56. The van der Waals surface area contributed by atoms with Crippen LogP contribution in [0.3, 0.4) is 0 Å². The van der Waals surface area contributed by atoms with E-state index in [1.54, 1.807) is 18.3 Å². The lowest BCUT2D eigenvalue weighted by molar-refractivity contribution is 0.102. The molecule has 2 N–H and O–H groups in total. The molecule has 6 nitrogen and oxygen atoms in total. The molecule has 2 aromatic rings. The Morgan fingerprint density at radius 3 is 2.50 bits per heavy atom. The van der Waals surface area contributed by atoms with Crippen molar-refractivity contribution < 1.29 is 13.2 Å². The molecule has 0 unspecified atom stereocenters. The number of sulfonamides is 1. The van der Waals surface area contributed by atoms with Gasteiger partial charge in [0, 0.05) is 12.7 Å². The molecule has 0 saturated carbocycles. The average molecular weight is 416 g/mol. The van der Waals surface area contributed by atoms with Crippen LogP contribution in [0.5, 0.6) is 0 Å². The van der Waals surface area contributed by atoms with E-state index in [-0.39, 0.29) is 33.0 Å². The van der Waals surface area contributed by atoms with Crippen LogP contribution in [0.2, 0.25) is 10.0 Å². The molecule has 0 aliphatic carbocycles. The first kappa shape index (κ1) is 20.6. The minimum atomic E-state index is -3.87. The summed E-state index contributed by atoms with van der Waals surface area (Å²) < 4.78 is 27.4. The van der Waals surface area contributed by atoms with Crippen LogP contribution in [0.25, 0.3) is 0 Å². The van der Waals surface area contributed by atoms with Crippen molar-refractivity contribution in [2.75, 3.05) is 11.9 Å². The normalized spacial score (nSPS) is 11.6. The van der Waals surface area contributed by atoms with Crippen molar-refractivity contribution in [1.29, 1.82) is 0 Å². The number of nitrogens with one attached hydrogen (secondary N) is 2. The van der Waals surface area contributed by atoms with Gasteiger partial charge < -0.3 is 5.32 Å². The molecule has 0 fully saturated rings. The van der Waals surface area contributed by atoms with Crippen molar-refractivity contribution in [3.63, 3.8) is 0 Å². The van der Waals surface area contributed by atoms with Gasteiger partial charge in [-0.3, -0.25) is 4.79 Å². The highest BCUT2D eigenvalue weighted by Gasteiger charge is 2.23. The lowest BCUT2D eigenvalue weighted by Gasteiger charge is -2.13. The van der Waals surface area contributed by atoms with Crippen LogP contribution in [0.1, 0.15) is 29.8 Å². The number of carbonyl (C=O) groups excluding carboxylic acids is 1. The molecule has 0 aliphatic heterocycles. The third kappa shape index (κ3) is 5.17. The summed E-state index contributed by atoms with van der Waals surface area (Å²) in [4.78, 5) is 16.3. The number of benzene rings is 1. The van der Waals surface area contributed by atoms with Gasteiger partial charge in [0.1, 0.15) is 10.7 Å². The molecule has 0 radical (unpaired) electrons. The molecule has 0 atom stereocenters. The van der Waals surface area contributed by atoms with Crippen LogP contribution in [0, 0.1) is 12.8 Å². The lowest BCUT2D eigenvalue weighted by atomic mass is 10.2. The third-order valence-corrected chi connectivity index (χ3v) is 5.60. The van der Waals surface area contributed by atoms with E-state index < -0.39 is 15.9 Å². The SMILES string of the molecule is Cc1ccnc(NC(=O)c2cc(S(=O)(=O)NCC(C)C)c(Cl)cc2Cl)c1. The minimum absolute atomic E-state index is 0.00991. The molecular weight excluding hydrogens is 397 g/mol. The van der Waals surface area contributed by atoms with Gasteiger partial charge in [-0.1, -0.05) is 37.0 Å². The zero-order valence-corrected chi connectivity index (χ0v) is 16.8. The zero-order chi connectivity index (χ0) is 19.5. The van der Waals surface area contributed by atoms with Crippen LogP contribution >= 0.6 is 23.2 Å². The van der Waals surface area contributed by atoms with Crippen molar-refractivity contribution in [2.24, 2.45) is 5.92 Å². The third-order valence-electron chi connectivity index (χ3n) is 3.39. The molecule has 26 heavy (non-hydrogen) atoms. The number of aryl methyl sites for hydroxylation is 1. The fourth-order valence-corrected chi connectivity index (χ4v) is 4.12. The van der Waals surface area contributed by atoms with Crippen molar-refractivity contribution >= 4 is 45.0 Å². The fraction of sp³-hybridized carbons (Fsp3) is 0.294. The molecule has 1 amide bonds. The van der Waals surface area contributed by atoms with Gasteiger partial charge >= 0.3 is 0 Å². The second-order valence-corrected chi connectivity index (χ2v) is 8.73. The molecule has 1 aromatic heterocycles. The Hall–Kier alpha value is -1.67. The van der Waals surface area contributed by atoms with E-state index in [9.17, 15) is 13.2 Å². The number of pyridine rings is 1. The van der Waals surface area contributed by atoms with Crippen molar-refractivity contribution in [2.45, 2.75) is 25.7 Å². The molecule has 0 bridgehead atoms. The Kier molecular flexibility index (Phi) is 6.63. The molecule has 0 aliphatic rings. The average Bonchev–Trinajstić information content (AvgIpc) is 2.52. The number of nitrogens with zero attached hydrogens (tertiary/aromatic N) is 1. The summed E-state index contributed by atoms with van der Waals surface area (Å²) in [5.41, 5.74) is 0.906. The first-order valence-corrected chi connectivity index (χ1v) is 10.1. The summed E-state index contributed by atoms with van der Waals surface area (Å²) in [6, 6.07) is 5.88. The summed E-state index contributed by atoms with van der Waals surface area (Å²) in [5.74, 6) is -0.126. The second kappa shape index (κ2) is 8.35. The van der Waals surface area contributed by atoms with E-state index in [0.29, 0.717) is 5.82 Å². The number of hydrogen-bond acceptors (Lipinski definition) is 4. The predicted molar refractivity (Wildman–Crippen MR) is 103 cm³/mol. The van der Waals surface area contributed by atoms with Gasteiger partial charge in [0.25, 0.3) is 5.91 Å². The largest absolute Gasteiger partial charge is 0.307 e. The molecule has 1 heterocycles. The number of anilines is 1. The van der Waals surface area contributed by atoms with E-state index in [2.05, 4.69) is 15.0 Å². The second-order valence-electron chi connectivity index (χ2n) is 6.18. The van der Waals surface area contributed by atoms with E-state index >= 15 is 0 Å². The molecule has 0 spiro atoms. The topological polar surface area (TPSA) is 88.2 Å². The van der Waals surface area contributed by atoms with Gasteiger partial charge in [0.15, 0.2) is 0 Å². The molecule has 140 valence electrons. The smallest absolute Gasteiger partial charge is 0.258 e. The molecule has 0 saturated heterocycles. The van der Waals surface area contributed by atoms with Gasteiger partial charge in [-0.05, 0) is 42.7 Å². The maximum absolute atomic E-state index is 12.5. The number of rotatable bonds is 6. The highest BCUT2D eigenvalue weighted by atomic mass is 35.5. The van der Waals surface area contributed by atoms with Crippen molar-refractivity contribution in [3.8, 4) is 0 Å². The van der Waals surface area contributed by atoms with Gasteiger partial charge in [-0.15, -0.1) is 0 Å². The Bertz CT molecular complexity index is 931. The Balaban J connectivity index is 2.36. The Morgan fingerprint density at radius 2 is 1.88 bits per heavy atom. The maximum Gasteiger partial charge on any atom is 0.258 e. The summed E-state index contributed by atoms with van der Waals surface area (Å²) in [6.45, 7) is 5.85. The number of carbonyl (C=O) groups is 1. The summed E-state index contributed by atoms with van der Waals surface area (Å²) in [7, 11) is -3.87. The molecule has 2 rings (SSSR count). The van der Waals surface area contributed by atoms with Crippen LogP contribution in [-0.2, 0) is 10.0 Å². The summed E-state index contributed by atoms with van der Waals surface area (Å²) >= 11 is 12.1. The van der Waals surface area contributed by atoms with Crippen LogP contribution in [0.15, 0.2) is 35.4 Å². The van der Waals surface area contributed by atoms with Crippen molar-refractivity contribution in [1.82, 2.24) is 9.71 Å². The highest BCUT2D eigenvalue weighted by molar-refractivity contribution is 7.89. The van der Waals surface area contributed by atoms with Gasteiger partial charge in [-0.25, -0.2) is 18.1 Å². The predicted octanol–water partition coefficient (Wildman–Crippen LogP) is 3.88. The fourth-order valence-electron chi connectivity index (χ4n) is 2.05. The van der Waals surface area contributed by atoms with Crippen LogP contribution in [-0.4, -0.2) is 25.9 Å². The standard InChI is InChI=1S/C17H19Cl2N3O3S/c1-10(2)9-21-26(24,25)15-7-12(13(18)8-14(15)19)17(23)22-16-6-11(3)4-5-20-16/h4-8,10,21H,9H2,1-3H3,(H,20,22,23). The molecular formula is C17H19Cl2N3O3S. The number of hydrogen-bond donors (Lipinski definition) is 2. The first-order valence-electron chi connectivity index (χ1n) is 7.83. The van der Waals surface area contributed by atoms with Crippen molar-refractivity contribution in [3.05, 3.63) is 51.6 Å². The van der Waals surface area contributed by atoms with E-state index in [1.165, 1.54) is 12.1 Å². The number of aromatic nitrogens is 1. The molecule has 9 heteroatoms. The Morgan fingerprint density at radius 1 is 1.19 bits per heavy atom. The van der Waals surface area contributed by atoms with Gasteiger partial charge in [0.2, 0.25) is 10.0 Å². The highest BCUT2D eigenvalue weighted by Crippen LogP contribution is 2.29. The maximum atomic E-state index is 12.5. The van der Waals surface area contributed by atoms with E-state index in [1.807, 2.05) is 20.8 Å². The minimum Gasteiger partial charge on any atom is -0.307 e. The van der Waals surface area contributed by atoms with Gasteiger partial charge in [-0.2, -0.15) is 0 Å². The first-order chi connectivity index (χ1) is 12.1. The lowest BCUT2D eigenvalue weighted by Crippen LogP contribution is -2.28. The Labute approximate surface area is 163 Å². The monoisotopic (exact) mass is 415 g/mol. The van der Waals surface area contributed by atoms with Crippen LogP contribution in [0.4, 0.5) is 5.82 Å². The zero-order valence-electron chi connectivity index (χ0n) is 14.5. The quantitative estimate of drug-likeness (QED) is 0.748. The summed E-state index contributed by atoms with van der Waals surface area (Å²) in [5, 5.41) is 2.58.